The van der Waals surface area contributed by atoms with Crippen molar-refractivity contribution in [1.82, 2.24) is 4.90 Å². The van der Waals surface area contributed by atoms with Crippen molar-refractivity contribution in [3.8, 4) is 0 Å². The monoisotopic (exact) mass is 828 g/mol. The van der Waals surface area contributed by atoms with Crippen molar-refractivity contribution in [2.45, 2.75) is 42.2 Å². The van der Waals surface area contributed by atoms with E-state index in [1.807, 2.05) is 60.7 Å². The number of esters is 1. The van der Waals surface area contributed by atoms with Gasteiger partial charge in [0.25, 0.3) is 0 Å². The number of thioether (sulfide) groups is 3. The van der Waals surface area contributed by atoms with Gasteiger partial charge in [0.2, 0.25) is 11.4 Å². The minimum atomic E-state index is -0.984. The highest BCUT2D eigenvalue weighted by Gasteiger charge is 2.56. The Kier molecular flexibility index (Phi) is 12.0. The van der Waals surface area contributed by atoms with Gasteiger partial charge in [-0.25, -0.2) is 4.79 Å². The summed E-state index contributed by atoms with van der Waals surface area (Å²) in [6.07, 6.45) is 3.69. The SMILES string of the molecule is CN1/C(=C/c2cc[n+](CCSCC3=C(C(=O)OC(c4ccccc4)c4ccccc4)N4C(=O)C(C(=O)CCCC(=O)O)C4SC3)c3ccccc23)Sc2ccccc21. The number of pyridine rings is 1. The molecule has 58 heavy (non-hydrogen) atoms. The molecule has 12 heteroatoms. The molecule has 3 aliphatic rings. The number of hydrogen-bond donors (Lipinski definition) is 1. The molecule has 9 nitrogen and oxygen atoms in total. The Hall–Kier alpha value is -5.30. The van der Waals surface area contributed by atoms with Gasteiger partial charge in [-0.3, -0.25) is 19.3 Å². The van der Waals surface area contributed by atoms with Crippen molar-refractivity contribution >= 4 is 81.6 Å². The number of carboxylic acids is 1. The average molecular weight is 829 g/mol. The summed E-state index contributed by atoms with van der Waals surface area (Å²) < 4.78 is 8.57. The minimum Gasteiger partial charge on any atom is -0.481 e. The Balaban J connectivity index is 1.02. The predicted molar refractivity (Wildman–Crippen MR) is 231 cm³/mol. The highest BCUT2D eigenvalue weighted by molar-refractivity contribution is 8.04. The Morgan fingerprint density at radius 1 is 0.914 bits per heavy atom. The molecule has 4 aromatic carbocycles. The fraction of sp³-hybridized carbons (Fsp3) is 0.239. The summed E-state index contributed by atoms with van der Waals surface area (Å²) in [6.45, 7) is 0.727. The second-order valence-corrected chi connectivity index (χ2v) is 17.6. The lowest BCUT2D eigenvalue weighted by Crippen LogP contribution is -2.64. The first-order valence-corrected chi connectivity index (χ1v) is 22.2. The number of rotatable bonds is 15. The molecule has 0 radical (unpaired) electrons. The zero-order valence-corrected chi connectivity index (χ0v) is 34.3. The van der Waals surface area contributed by atoms with Gasteiger partial charge in [0.05, 0.1) is 21.9 Å². The number of aryl methyl sites for hydroxylation is 1. The van der Waals surface area contributed by atoms with E-state index in [1.54, 1.807) is 23.5 Å². The Bertz CT molecular complexity index is 2400. The first-order valence-electron chi connectivity index (χ1n) is 19.2. The molecule has 1 saturated heterocycles. The summed E-state index contributed by atoms with van der Waals surface area (Å²) in [6, 6.07) is 38.0. The summed E-state index contributed by atoms with van der Waals surface area (Å²) in [5.74, 6) is -1.53. The maximum Gasteiger partial charge on any atom is 0.356 e. The van der Waals surface area contributed by atoms with Gasteiger partial charge in [0.15, 0.2) is 18.8 Å². The maximum atomic E-state index is 14.4. The van der Waals surface area contributed by atoms with Crippen molar-refractivity contribution in [1.29, 1.82) is 0 Å². The standard InChI is InChI=1S/C46H41N3O6S3/c1-47-36-19-10-11-21-38(36)58-39(47)27-32-23-24-48(35-18-9-8-17-34(32)35)25-26-56-28-33-29-57-45-41(37(50)20-12-22-40(51)52)44(53)49(45)42(33)46(54)55-43(30-13-4-2-5-14-30)31-15-6-3-7-16-31/h2-11,13-19,21,23-24,27,41,43,45H,12,20,22,25-26,28-29H2,1H3/p+1. The number of ether oxygens (including phenoxy) is 1. The fourth-order valence-corrected chi connectivity index (χ4v) is 11.2. The van der Waals surface area contributed by atoms with E-state index in [1.165, 1.54) is 32.3 Å². The van der Waals surface area contributed by atoms with E-state index in [-0.39, 0.29) is 30.7 Å². The first-order chi connectivity index (χ1) is 28.3. The van der Waals surface area contributed by atoms with Crippen LogP contribution in [0.25, 0.3) is 17.0 Å². The van der Waals surface area contributed by atoms with Crippen LogP contribution in [0.5, 0.6) is 0 Å². The van der Waals surface area contributed by atoms with Crippen LogP contribution < -0.4 is 9.47 Å². The van der Waals surface area contributed by atoms with Gasteiger partial charge in [-0.15, -0.1) is 11.8 Å². The topological polar surface area (TPSA) is 108 Å². The number of para-hydroxylation sites is 2. The summed E-state index contributed by atoms with van der Waals surface area (Å²) in [5, 5.41) is 10.9. The first kappa shape index (κ1) is 39.5. The van der Waals surface area contributed by atoms with Crippen molar-refractivity contribution < 1.29 is 33.6 Å². The van der Waals surface area contributed by atoms with E-state index < -0.39 is 35.2 Å². The molecule has 0 spiro atoms. The van der Waals surface area contributed by atoms with Gasteiger partial charge in [-0.05, 0) is 53.0 Å². The van der Waals surface area contributed by atoms with E-state index in [0.29, 0.717) is 11.5 Å². The van der Waals surface area contributed by atoms with Gasteiger partial charge in [0.1, 0.15) is 22.8 Å². The van der Waals surface area contributed by atoms with Gasteiger partial charge >= 0.3 is 11.9 Å². The highest BCUT2D eigenvalue weighted by atomic mass is 32.2. The van der Waals surface area contributed by atoms with Gasteiger partial charge in [0, 0.05) is 48.4 Å². The lowest BCUT2D eigenvalue weighted by atomic mass is 9.89. The maximum absolute atomic E-state index is 14.4. The molecule has 0 saturated carbocycles. The molecule has 1 N–H and O–H groups in total. The zero-order valence-electron chi connectivity index (χ0n) is 31.9. The quantitative estimate of drug-likeness (QED) is 0.0364. The molecule has 3 aliphatic heterocycles. The lowest BCUT2D eigenvalue weighted by Gasteiger charge is -2.49. The van der Waals surface area contributed by atoms with Crippen molar-refractivity contribution in [3.05, 3.63) is 154 Å². The summed E-state index contributed by atoms with van der Waals surface area (Å²) in [5.41, 5.74) is 6.07. The predicted octanol–water partition coefficient (Wildman–Crippen LogP) is 8.34. The summed E-state index contributed by atoms with van der Waals surface area (Å²) in [4.78, 5) is 57.4. The number of carbonyl (C=O) groups is 4. The number of benzene rings is 4. The number of fused-ring (bicyclic) bond motifs is 3. The van der Waals surface area contributed by atoms with Crippen LogP contribution in [0.1, 0.15) is 42.1 Å². The molecular formula is C46H42N3O6S3+. The number of aromatic nitrogens is 1. The fourth-order valence-electron chi connectivity index (χ4n) is 7.63. The molecule has 2 unspecified atom stereocenters. The molecule has 0 bridgehead atoms. The molecule has 1 amide bonds. The molecule has 5 aromatic rings. The summed E-state index contributed by atoms with van der Waals surface area (Å²) >= 11 is 4.93. The molecule has 1 aromatic heterocycles. The van der Waals surface area contributed by atoms with Crippen LogP contribution in [-0.4, -0.2) is 63.3 Å². The normalized spacial score (nSPS) is 18.0. The van der Waals surface area contributed by atoms with Crippen LogP contribution >= 0.6 is 35.3 Å². The molecular weight excluding hydrogens is 787 g/mol. The largest absolute Gasteiger partial charge is 0.481 e. The molecule has 2 atom stereocenters. The van der Waals surface area contributed by atoms with Crippen molar-refractivity contribution in [2.75, 3.05) is 29.2 Å². The smallest absolute Gasteiger partial charge is 0.356 e. The Morgan fingerprint density at radius 2 is 1.60 bits per heavy atom. The number of Topliss-reactive ketones (excluding diaryl/α,β-unsaturated/α-hetero) is 1. The van der Waals surface area contributed by atoms with E-state index in [9.17, 15) is 19.2 Å². The number of amides is 1. The van der Waals surface area contributed by atoms with E-state index in [0.717, 1.165) is 45.5 Å². The zero-order chi connectivity index (χ0) is 40.2. The van der Waals surface area contributed by atoms with Gasteiger partial charge in [-0.1, -0.05) is 96.7 Å². The minimum absolute atomic E-state index is 0.00104. The number of ketones is 1. The molecule has 8 rings (SSSR count). The van der Waals surface area contributed by atoms with Gasteiger partial charge < -0.3 is 14.7 Å². The van der Waals surface area contributed by atoms with Crippen molar-refractivity contribution in [2.24, 2.45) is 5.92 Å². The number of anilines is 1. The number of hydrogen-bond acceptors (Lipinski definition) is 9. The van der Waals surface area contributed by atoms with Crippen LogP contribution in [0, 0.1) is 5.92 Å². The van der Waals surface area contributed by atoms with Crippen molar-refractivity contribution in [3.63, 3.8) is 0 Å². The molecule has 0 aliphatic carbocycles. The molecule has 1 fully saturated rings. The number of carboxylic acid groups (broad SMARTS) is 1. The molecule has 4 heterocycles. The third-order valence-corrected chi connectivity index (χ3v) is 14.1. The summed E-state index contributed by atoms with van der Waals surface area (Å²) in [7, 11) is 2.10. The van der Waals surface area contributed by atoms with Crippen LogP contribution in [-0.2, 0) is 30.5 Å². The number of aliphatic carboxylic acids is 1. The van der Waals surface area contributed by atoms with Crippen LogP contribution in [0.3, 0.4) is 0 Å². The third kappa shape index (κ3) is 8.18. The third-order valence-electron chi connectivity index (χ3n) is 10.6. The lowest BCUT2D eigenvalue weighted by molar-refractivity contribution is -0.666. The Morgan fingerprint density at radius 3 is 2.33 bits per heavy atom. The van der Waals surface area contributed by atoms with E-state index in [4.69, 9.17) is 9.84 Å². The van der Waals surface area contributed by atoms with E-state index >= 15 is 0 Å². The van der Waals surface area contributed by atoms with Crippen LogP contribution in [0.2, 0.25) is 0 Å². The van der Waals surface area contributed by atoms with E-state index in [2.05, 4.69) is 83.4 Å². The number of nitrogens with zero attached hydrogens (tertiary/aromatic N) is 3. The Labute approximate surface area is 350 Å². The number of carbonyl (C=O) groups excluding carboxylic acids is 3. The van der Waals surface area contributed by atoms with Crippen LogP contribution in [0.15, 0.2) is 143 Å². The highest BCUT2D eigenvalue weighted by Crippen LogP contribution is 2.47. The molecule has 294 valence electrons. The van der Waals surface area contributed by atoms with Gasteiger partial charge in [-0.2, -0.15) is 16.3 Å². The number of β-lactam (4-membered cyclic amide) rings is 1. The average Bonchev–Trinajstić information content (AvgIpc) is 3.56. The van der Waals surface area contributed by atoms with Crippen LogP contribution in [0.4, 0.5) is 5.69 Å². The second-order valence-electron chi connectivity index (χ2n) is 14.3. The second kappa shape index (κ2) is 17.7.